The molecule has 20 heavy (non-hydrogen) atoms. The molecule has 3 nitrogen and oxygen atoms in total. The number of rotatable bonds is 5. The van der Waals surface area contributed by atoms with Crippen LogP contribution in [0, 0.1) is 20.8 Å². The highest BCUT2D eigenvalue weighted by molar-refractivity contribution is 9.10. The molecule has 4 heteroatoms. The number of halogens is 1. The van der Waals surface area contributed by atoms with Gasteiger partial charge >= 0.3 is 0 Å². The quantitative estimate of drug-likeness (QED) is 0.766. The van der Waals surface area contributed by atoms with Crippen LogP contribution in [0.2, 0.25) is 0 Å². The van der Waals surface area contributed by atoms with Crippen molar-refractivity contribution in [3.8, 4) is 0 Å². The fourth-order valence-electron chi connectivity index (χ4n) is 2.17. The number of carbonyl (C=O) groups is 1. The number of benzene rings is 1. The van der Waals surface area contributed by atoms with Crippen LogP contribution in [0.3, 0.4) is 0 Å². The third kappa shape index (κ3) is 3.37. The summed E-state index contributed by atoms with van der Waals surface area (Å²) < 4.78 is 2.99. The van der Waals surface area contributed by atoms with Gasteiger partial charge in [0.25, 0.3) is 0 Å². The van der Waals surface area contributed by atoms with Gasteiger partial charge in [-0.05, 0) is 44.9 Å². The number of hydrogen-bond donors (Lipinski definition) is 0. The minimum Gasteiger partial charge on any atom is -0.294 e. The molecule has 0 spiro atoms. The standard InChI is InChI=1S/C16H19BrN2O/c1-11-12(2)18-19(13(11)3)10-4-5-16(20)14-6-8-15(17)9-7-14/h6-9H,4-5,10H2,1-3H3. The first-order chi connectivity index (χ1) is 9.49. The molecule has 0 amide bonds. The summed E-state index contributed by atoms with van der Waals surface area (Å²) in [6.07, 6.45) is 1.37. The number of carbonyl (C=O) groups excluding carboxylic acids is 1. The molecular weight excluding hydrogens is 316 g/mol. The van der Waals surface area contributed by atoms with E-state index in [1.807, 2.05) is 35.9 Å². The second-order valence-electron chi connectivity index (χ2n) is 5.05. The van der Waals surface area contributed by atoms with E-state index in [0.717, 1.165) is 28.7 Å². The van der Waals surface area contributed by atoms with E-state index in [1.165, 1.54) is 11.3 Å². The Morgan fingerprint density at radius 1 is 1.20 bits per heavy atom. The third-order valence-corrected chi connectivity index (χ3v) is 4.21. The minimum absolute atomic E-state index is 0.191. The number of nitrogens with zero attached hydrogens (tertiary/aromatic N) is 2. The summed E-state index contributed by atoms with van der Waals surface area (Å²) in [5.41, 5.74) is 4.28. The molecule has 0 aliphatic rings. The van der Waals surface area contributed by atoms with Gasteiger partial charge in [-0.2, -0.15) is 5.10 Å². The smallest absolute Gasteiger partial charge is 0.162 e. The van der Waals surface area contributed by atoms with Gasteiger partial charge in [-0.25, -0.2) is 0 Å². The maximum absolute atomic E-state index is 12.1. The molecule has 0 N–H and O–H groups in total. The monoisotopic (exact) mass is 334 g/mol. The maximum Gasteiger partial charge on any atom is 0.162 e. The van der Waals surface area contributed by atoms with Crippen LogP contribution in [0.15, 0.2) is 28.7 Å². The SMILES string of the molecule is Cc1nn(CCCC(=O)c2ccc(Br)cc2)c(C)c1C. The Morgan fingerprint density at radius 3 is 2.40 bits per heavy atom. The van der Waals surface area contributed by atoms with E-state index in [-0.39, 0.29) is 5.78 Å². The average Bonchev–Trinajstić information content (AvgIpc) is 2.67. The van der Waals surface area contributed by atoms with E-state index >= 15 is 0 Å². The Bertz CT molecular complexity index is 614. The molecule has 0 aliphatic heterocycles. The largest absolute Gasteiger partial charge is 0.294 e. The third-order valence-electron chi connectivity index (χ3n) is 3.68. The van der Waals surface area contributed by atoms with Gasteiger partial charge in [0.1, 0.15) is 0 Å². The van der Waals surface area contributed by atoms with Gasteiger partial charge in [0, 0.05) is 28.7 Å². The number of hydrogen-bond acceptors (Lipinski definition) is 2. The molecule has 2 rings (SSSR count). The molecule has 1 aromatic carbocycles. The van der Waals surface area contributed by atoms with Crippen molar-refractivity contribution in [2.45, 2.75) is 40.2 Å². The second-order valence-corrected chi connectivity index (χ2v) is 5.97. The molecule has 0 bridgehead atoms. The molecular formula is C16H19BrN2O. The lowest BCUT2D eigenvalue weighted by molar-refractivity contribution is 0.0978. The van der Waals surface area contributed by atoms with Crippen molar-refractivity contribution >= 4 is 21.7 Å². The fourth-order valence-corrected chi connectivity index (χ4v) is 2.44. The number of ketones is 1. The lowest BCUT2D eigenvalue weighted by Crippen LogP contribution is -2.06. The summed E-state index contributed by atoms with van der Waals surface area (Å²) in [6, 6.07) is 7.52. The molecule has 1 aromatic heterocycles. The Balaban J connectivity index is 1.91. The molecule has 0 unspecified atom stereocenters. The van der Waals surface area contributed by atoms with E-state index in [0.29, 0.717) is 6.42 Å². The van der Waals surface area contributed by atoms with Gasteiger partial charge in [0.15, 0.2) is 5.78 Å². The van der Waals surface area contributed by atoms with Crippen LogP contribution in [-0.2, 0) is 6.54 Å². The van der Waals surface area contributed by atoms with Crippen molar-refractivity contribution < 1.29 is 4.79 Å². The zero-order valence-electron chi connectivity index (χ0n) is 12.1. The van der Waals surface area contributed by atoms with Crippen LogP contribution >= 0.6 is 15.9 Å². The molecule has 0 radical (unpaired) electrons. The first-order valence-corrected chi connectivity index (χ1v) is 7.57. The van der Waals surface area contributed by atoms with E-state index in [4.69, 9.17) is 0 Å². The van der Waals surface area contributed by atoms with Crippen molar-refractivity contribution in [1.82, 2.24) is 9.78 Å². The van der Waals surface area contributed by atoms with E-state index in [1.54, 1.807) is 0 Å². The zero-order chi connectivity index (χ0) is 14.7. The Kier molecular flexibility index (Phi) is 4.76. The maximum atomic E-state index is 12.1. The minimum atomic E-state index is 0.191. The predicted octanol–water partition coefficient (Wildman–Crippen LogP) is 4.23. The first kappa shape index (κ1) is 15.0. The molecule has 0 saturated carbocycles. The van der Waals surface area contributed by atoms with E-state index < -0.39 is 0 Å². The highest BCUT2D eigenvalue weighted by Gasteiger charge is 2.09. The van der Waals surface area contributed by atoms with Crippen LogP contribution in [0.25, 0.3) is 0 Å². The van der Waals surface area contributed by atoms with E-state index in [9.17, 15) is 4.79 Å². The van der Waals surface area contributed by atoms with Crippen LogP contribution in [-0.4, -0.2) is 15.6 Å². The molecule has 0 aliphatic carbocycles. The lowest BCUT2D eigenvalue weighted by atomic mass is 10.1. The van der Waals surface area contributed by atoms with Crippen molar-refractivity contribution in [2.24, 2.45) is 0 Å². The summed E-state index contributed by atoms with van der Waals surface area (Å²) >= 11 is 3.37. The van der Waals surface area contributed by atoms with Crippen LogP contribution in [0.5, 0.6) is 0 Å². The number of aryl methyl sites for hydroxylation is 2. The molecule has 0 fully saturated rings. The van der Waals surface area contributed by atoms with Crippen molar-refractivity contribution in [3.05, 3.63) is 51.3 Å². The first-order valence-electron chi connectivity index (χ1n) is 6.78. The fraction of sp³-hybridized carbons (Fsp3) is 0.375. The topological polar surface area (TPSA) is 34.9 Å². The summed E-state index contributed by atoms with van der Waals surface area (Å²) in [4.78, 5) is 12.1. The Labute approximate surface area is 128 Å². The normalized spacial score (nSPS) is 10.8. The van der Waals surface area contributed by atoms with Gasteiger partial charge < -0.3 is 0 Å². The molecule has 2 aromatic rings. The summed E-state index contributed by atoms with van der Waals surface area (Å²) in [5.74, 6) is 0.191. The van der Waals surface area contributed by atoms with Gasteiger partial charge in [-0.1, -0.05) is 28.1 Å². The Morgan fingerprint density at radius 2 is 1.85 bits per heavy atom. The Hall–Kier alpha value is -1.42. The highest BCUT2D eigenvalue weighted by atomic mass is 79.9. The van der Waals surface area contributed by atoms with Crippen molar-refractivity contribution in [3.63, 3.8) is 0 Å². The summed E-state index contributed by atoms with van der Waals surface area (Å²) in [5, 5.41) is 4.49. The van der Waals surface area contributed by atoms with Crippen LogP contribution in [0.4, 0.5) is 0 Å². The van der Waals surface area contributed by atoms with Gasteiger partial charge in [0.2, 0.25) is 0 Å². The average molecular weight is 335 g/mol. The van der Waals surface area contributed by atoms with Crippen LogP contribution in [0.1, 0.15) is 40.2 Å². The van der Waals surface area contributed by atoms with Gasteiger partial charge in [-0.3, -0.25) is 9.48 Å². The molecule has 0 atom stereocenters. The van der Waals surface area contributed by atoms with Crippen molar-refractivity contribution in [2.75, 3.05) is 0 Å². The lowest BCUT2D eigenvalue weighted by Gasteiger charge is -2.05. The molecule has 106 valence electrons. The highest BCUT2D eigenvalue weighted by Crippen LogP contribution is 2.14. The second kappa shape index (κ2) is 6.35. The summed E-state index contributed by atoms with van der Waals surface area (Å²) in [6.45, 7) is 6.97. The zero-order valence-corrected chi connectivity index (χ0v) is 13.7. The number of Topliss-reactive ketones (excluding diaryl/α,β-unsaturated/α-hetero) is 1. The van der Waals surface area contributed by atoms with Gasteiger partial charge in [0.05, 0.1) is 5.69 Å². The number of aromatic nitrogens is 2. The predicted molar refractivity (Wildman–Crippen MR) is 84.1 cm³/mol. The van der Waals surface area contributed by atoms with Crippen LogP contribution < -0.4 is 0 Å². The van der Waals surface area contributed by atoms with Gasteiger partial charge in [-0.15, -0.1) is 0 Å². The molecule has 1 heterocycles. The summed E-state index contributed by atoms with van der Waals surface area (Å²) in [7, 11) is 0. The van der Waals surface area contributed by atoms with Crippen molar-refractivity contribution in [1.29, 1.82) is 0 Å². The molecule has 0 saturated heterocycles. The van der Waals surface area contributed by atoms with E-state index in [2.05, 4.69) is 34.9 Å².